The molecular formula is C11H11BF6O3. The van der Waals surface area contributed by atoms with E-state index in [0.29, 0.717) is 0 Å². The number of ether oxygens (including phenoxy) is 1. The second-order valence-corrected chi connectivity index (χ2v) is 4.22. The molecule has 0 aliphatic rings. The van der Waals surface area contributed by atoms with Crippen molar-refractivity contribution in [2.75, 3.05) is 6.61 Å². The lowest BCUT2D eigenvalue weighted by Crippen LogP contribution is -2.36. The predicted molar refractivity (Wildman–Crippen MR) is 62.0 cm³/mol. The molecule has 118 valence electrons. The van der Waals surface area contributed by atoms with Crippen LogP contribution in [0.25, 0.3) is 0 Å². The molecule has 1 aromatic rings. The first kappa shape index (κ1) is 17.6. The van der Waals surface area contributed by atoms with Crippen molar-refractivity contribution in [1.82, 2.24) is 0 Å². The van der Waals surface area contributed by atoms with E-state index in [4.69, 9.17) is 14.8 Å². The second kappa shape index (κ2) is 6.57. The van der Waals surface area contributed by atoms with E-state index in [1.54, 1.807) is 0 Å². The Morgan fingerprint density at radius 3 is 2.19 bits per heavy atom. The molecule has 0 atom stereocenters. The van der Waals surface area contributed by atoms with Gasteiger partial charge in [-0.05, 0) is 24.0 Å². The molecule has 0 bridgehead atoms. The molecule has 0 unspecified atom stereocenters. The van der Waals surface area contributed by atoms with E-state index in [2.05, 4.69) is 0 Å². The minimum Gasteiger partial charge on any atom is -0.491 e. The number of halogens is 6. The van der Waals surface area contributed by atoms with Crippen LogP contribution in [-0.4, -0.2) is 35.9 Å². The van der Waals surface area contributed by atoms with Gasteiger partial charge in [-0.3, -0.25) is 0 Å². The fourth-order valence-electron chi connectivity index (χ4n) is 1.41. The first-order valence-corrected chi connectivity index (χ1v) is 5.77. The summed E-state index contributed by atoms with van der Waals surface area (Å²) in [5.74, 6) is -6.18. The van der Waals surface area contributed by atoms with Gasteiger partial charge in [0.15, 0.2) is 11.6 Å². The van der Waals surface area contributed by atoms with Gasteiger partial charge >= 0.3 is 19.2 Å². The quantitative estimate of drug-likeness (QED) is 0.478. The average Bonchev–Trinajstić information content (AvgIpc) is 2.34. The van der Waals surface area contributed by atoms with Gasteiger partial charge in [-0.25, -0.2) is 4.39 Å². The predicted octanol–water partition coefficient (Wildman–Crippen LogP) is 1.86. The van der Waals surface area contributed by atoms with Gasteiger partial charge in [-0.1, -0.05) is 6.07 Å². The van der Waals surface area contributed by atoms with Crippen molar-refractivity contribution in [3.05, 3.63) is 24.0 Å². The molecule has 0 aliphatic carbocycles. The van der Waals surface area contributed by atoms with Crippen LogP contribution in [0.5, 0.6) is 5.75 Å². The molecule has 2 N–H and O–H groups in total. The molecule has 0 aliphatic heterocycles. The molecule has 0 heterocycles. The maximum atomic E-state index is 13.4. The van der Waals surface area contributed by atoms with Crippen LogP contribution >= 0.6 is 0 Å². The summed E-state index contributed by atoms with van der Waals surface area (Å²) in [6.45, 7) is -0.538. The van der Waals surface area contributed by atoms with Gasteiger partial charge in [-0.15, -0.1) is 0 Å². The maximum absolute atomic E-state index is 13.4. The molecule has 3 nitrogen and oxygen atoms in total. The van der Waals surface area contributed by atoms with E-state index >= 15 is 0 Å². The zero-order chi connectivity index (χ0) is 16.3. The summed E-state index contributed by atoms with van der Waals surface area (Å²) in [4.78, 5) is 0. The second-order valence-electron chi connectivity index (χ2n) is 4.22. The van der Waals surface area contributed by atoms with Gasteiger partial charge in [0.25, 0.3) is 0 Å². The van der Waals surface area contributed by atoms with E-state index in [1.807, 2.05) is 0 Å². The number of hydrogen-bond acceptors (Lipinski definition) is 3. The van der Waals surface area contributed by atoms with Crippen molar-refractivity contribution in [2.24, 2.45) is 0 Å². The number of benzene rings is 1. The summed E-state index contributed by atoms with van der Waals surface area (Å²) < 4.78 is 78.9. The maximum Gasteiger partial charge on any atom is 0.488 e. The first-order valence-electron chi connectivity index (χ1n) is 5.77. The molecule has 0 radical (unpaired) electrons. The molecule has 0 fully saturated rings. The fourth-order valence-corrected chi connectivity index (χ4v) is 1.41. The number of alkyl halides is 5. The fraction of sp³-hybridized carbons (Fsp3) is 0.455. The summed E-state index contributed by atoms with van der Waals surface area (Å²) in [6, 6.07) is 2.89. The van der Waals surface area contributed by atoms with E-state index < -0.39 is 44.5 Å². The lowest BCUT2D eigenvalue weighted by atomic mass is 9.80. The third-order valence-electron chi connectivity index (χ3n) is 2.56. The third-order valence-corrected chi connectivity index (χ3v) is 2.56. The van der Waals surface area contributed by atoms with Crippen molar-refractivity contribution >= 4 is 12.6 Å². The summed E-state index contributed by atoms with van der Waals surface area (Å²) in [6.07, 6.45) is -7.72. The van der Waals surface area contributed by atoms with Crippen LogP contribution in [0.2, 0.25) is 0 Å². The Kier molecular flexibility index (Phi) is 5.51. The minimum absolute atomic E-state index is 0.150. The molecule has 1 rings (SSSR count). The van der Waals surface area contributed by atoms with Crippen LogP contribution in [0.15, 0.2) is 18.2 Å². The summed E-state index contributed by atoms with van der Waals surface area (Å²) >= 11 is 0. The van der Waals surface area contributed by atoms with Crippen LogP contribution in [-0.2, 0) is 0 Å². The number of rotatable bonds is 6. The topological polar surface area (TPSA) is 49.7 Å². The van der Waals surface area contributed by atoms with Gasteiger partial charge in [0.2, 0.25) is 0 Å². The highest BCUT2D eigenvalue weighted by Crippen LogP contribution is 2.38. The van der Waals surface area contributed by atoms with Crippen LogP contribution in [0, 0.1) is 5.82 Å². The Labute approximate surface area is 116 Å². The average molecular weight is 316 g/mol. The van der Waals surface area contributed by atoms with E-state index in [9.17, 15) is 26.3 Å². The van der Waals surface area contributed by atoms with Crippen LogP contribution < -0.4 is 10.2 Å². The highest BCUT2D eigenvalue weighted by atomic mass is 19.4. The summed E-state index contributed by atoms with van der Waals surface area (Å²) in [5.41, 5.74) is -0.150. The van der Waals surface area contributed by atoms with Gasteiger partial charge in [0.1, 0.15) is 0 Å². The molecule has 0 amide bonds. The van der Waals surface area contributed by atoms with Crippen molar-refractivity contribution in [3.63, 3.8) is 0 Å². The Balaban J connectivity index is 2.50. The van der Waals surface area contributed by atoms with Crippen LogP contribution in [0.3, 0.4) is 0 Å². The van der Waals surface area contributed by atoms with E-state index in [-0.39, 0.29) is 11.2 Å². The van der Waals surface area contributed by atoms with Crippen molar-refractivity contribution in [3.8, 4) is 5.75 Å². The Morgan fingerprint density at radius 1 is 1.10 bits per heavy atom. The third kappa shape index (κ3) is 4.81. The summed E-state index contributed by atoms with van der Waals surface area (Å²) in [5, 5.41) is 17.6. The highest BCUT2D eigenvalue weighted by Gasteiger charge is 2.56. The van der Waals surface area contributed by atoms with Gasteiger partial charge in [0, 0.05) is 6.42 Å². The largest absolute Gasteiger partial charge is 0.491 e. The lowest BCUT2D eigenvalue weighted by Gasteiger charge is -2.19. The molecule has 0 saturated carbocycles. The standard InChI is InChI=1S/C11H11BF6O3/c13-8-6-7(12(19)20)2-3-9(8)21-5-1-4-10(14,15)11(16,17)18/h2-3,6,19-20H,1,4-5H2. The molecular weight excluding hydrogens is 305 g/mol. The molecule has 21 heavy (non-hydrogen) atoms. The van der Waals surface area contributed by atoms with Gasteiger partial charge < -0.3 is 14.8 Å². The molecule has 1 aromatic carbocycles. The zero-order valence-electron chi connectivity index (χ0n) is 10.5. The minimum atomic E-state index is -5.63. The van der Waals surface area contributed by atoms with Gasteiger partial charge in [0.05, 0.1) is 6.61 Å². The van der Waals surface area contributed by atoms with Crippen molar-refractivity contribution in [1.29, 1.82) is 0 Å². The Bertz CT molecular complexity index is 478. The zero-order valence-corrected chi connectivity index (χ0v) is 10.5. The molecule has 0 aromatic heterocycles. The smallest absolute Gasteiger partial charge is 0.488 e. The lowest BCUT2D eigenvalue weighted by molar-refractivity contribution is -0.284. The number of hydrogen-bond donors (Lipinski definition) is 2. The SMILES string of the molecule is OB(O)c1ccc(OCCCC(F)(F)C(F)(F)F)c(F)c1. The van der Waals surface area contributed by atoms with E-state index in [1.165, 1.54) is 0 Å². The normalized spacial score (nSPS) is 12.4. The molecule has 0 spiro atoms. The molecule has 0 saturated heterocycles. The summed E-state index contributed by atoms with van der Waals surface area (Å²) in [7, 11) is -1.89. The van der Waals surface area contributed by atoms with Crippen LogP contribution in [0.1, 0.15) is 12.8 Å². The Hall–Kier alpha value is -1.42. The van der Waals surface area contributed by atoms with E-state index in [0.717, 1.165) is 18.2 Å². The van der Waals surface area contributed by atoms with Crippen molar-refractivity contribution in [2.45, 2.75) is 24.9 Å². The van der Waals surface area contributed by atoms with Gasteiger partial charge in [-0.2, -0.15) is 22.0 Å². The first-order chi connectivity index (χ1) is 9.54. The Morgan fingerprint density at radius 2 is 1.71 bits per heavy atom. The van der Waals surface area contributed by atoms with Crippen LogP contribution in [0.4, 0.5) is 26.3 Å². The van der Waals surface area contributed by atoms with Crippen molar-refractivity contribution < 1.29 is 41.1 Å². The monoisotopic (exact) mass is 316 g/mol. The molecule has 10 heteroatoms. The highest BCUT2D eigenvalue weighted by molar-refractivity contribution is 6.58.